The Morgan fingerprint density at radius 1 is 1.50 bits per heavy atom. The van der Waals surface area contributed by atoms with E-state index in [1.54, 1.807) is 0 Å². The van der Waals surface area contributed by atoms with Crippen molar-refractivity contribution in [2.75, 3.05) is 25.0 Å². The molecule has 3 N–H and O–H groups in total. The van der Waals surface area contributed by atoms with Crippen LogP contribution in [0.15, 0.2) is 21.9 Å². The highest BCUT2D eigenvalue weighted by Gasteiger charge is 2.18. The molecule has 0 saturated carbocycles. The summed E-state index contributed by atoms with van der Waals surface area (Å²) in [6.45, 7) is 7.57. The van der Waals surface area contributed by atoms with E-state index in [1.807, 2.05) is 12.1 Å². The molecule has 1 aromatic rings. The van der Waals surface area contributed by atoms with Crippen LogP contribution in [0.2, 0.25) is 0 Å². The lowest BCUT2D eigenvalue weighted by Crippen LogP contribution is -2.42. The molecule has 0 unspecified atom stereocenters. The minimum Gasteiger partial charge on any atom is -0.393 e. The van der Waals surface area contributed by atoms with Crippen LogP contribution in [0.5, 0.6) is 0 Å². The van der Waals surface area contributed by atoms with Gasteiger partial charge in [0, 0.05) is 30.6 Å². The fourth-order valence-corrected chi connectivity index (χ4v) is 2.33. The van der Waals surface area contributed by atoms with Gasteiger partial charge >= 0.3 is 0 Å². The average molecular weight is 371 g/mol. The maximum Gasteiger partial charge on any atom is 0.144 e. The van der Waals surface area contributed by atoms with Gasteiger partial charge in [-0.2, -0.15) is 0 Å². The molecular formula is C15H23BrN4O2. The molecule has 2 rings (SSSR count). The van der Waals surface area contributed by atoms with Crippen molar-refractivity contribution in [3.8, 4) is 0 Å². The third kappa shape index (κ3) is 5.23. The molecule has 7 heteroatoms. The molecule has 0 amide bonds. The lowest BCUT2D eigenvalue weighted by Gasteiger charge is -2.22. The number of hydrogen-bond donors (Lipinski definition) is 3. The van der Waals surface area contributed by atoms with Gasteiger partial charge in [-0.15, -0.1) is 0 Å². The summed E-state index contributed by atoms with van der Waals surface area (Å²) in [5.41, 5.74) is 1.77. The lowest BCUT2D eigenvalue weighted by molar-refractivity contribution is 0.0371. The fourth-order valence-electron chi connectivity index (χ4n) is 2.02. The van der Waals surface area contributed by atoms with Crippen molar-refractivity contribution in [2.24, 2.45) is 5.16 Å². The van der Waals surface area contributed by atoms with E-state index in [-0.39, 0.29) is 12.1 Å². The number of anilines is 1. The quantitative estimate of drug-likeness (QED) is 0.546. The molecule has 1 atom stereocenters. The van der Waals surface area contributed by atoms with Crippen molar-refractivity contribution >= 4 is 27.5 Å². The van der Waals surface area contributed by atoms with Gasteiger partial charge in [-0.1, -0.05) is 5.16 Å². The Morgan fingerprint density at radius 2 is 2.27 bits per heavy atom. The monoisotopic (exact) mass is 370 g/mol. The van der Waals surface area contributed by atoms with Gasteiger partial charge in [-0.3, -0.25) is 0 Å². The van der Waals surface area contributed by atoms with Gasteiger partial charge in [-0.05, 0) is 48.8 Å². The van der Waals surface area contributed by atoms with Crippen LogP contribution in [-0.2, 0) is 4.84 Å². The normalized spacial score (nSPS) is 17.8. The standard InChI is InChI=1S/C15H23BrN4O2/c1-15(2,3)18-8-10(21)9-22-20-12-6-7-17-14-11(12)4-5-13(16)19-14/h4-5,10,18,21H,6-9H2,1-3H3,(H,17,19)/b20-12+/t10-/m0/s1. The van der Waals surface area contributed by atoms with Crippen LogP contribution in [-0.4, -0.2) is 47.1 Å². The number of halogens is 1. The van der Waals surface area contributed by atoms with Gasteiger partial charge in [0.1, 0.15) is 23.1 Å². The third-order valence-electron chi connectivity index (χ3n) is 3.14. The highest BCUT2D eigenvalue weighted by Crippen LogP contribution is 2.22. The predicted molar refractivity (Wildman–Crippen MR) is 91.3 cm³/mol. The first-order chi connectivity index (χ1) is 10.3. The number of oxime groups is 1. The van der Waals surface area contributed by atoms with E-state index in [1.165, 1.54) is 0 Å². The largest absolute Gasteiger partial charge is 0.393 e. The second-order valence-corrected chi connectivity index (χ2v) is 7.14. The number of aromatic nitrogens is 1. The van der Waals surface area contributed by atoms with Crippen molar-refractivity contribution < 1.29 is 9.94 Å². The summed E-state index contributed by atoms with van der Waals surface area (Å²) in [4.78, 5) is 9.69. The van der Waals surface area contributed by atoms with Crippen molar-refractivity contribution in [1.29, 1.82) is 0 Å². The molecule has 22 heavy (non-hydrogen) atoms. The average Bonchev–Trinajstić information content (AvgIpc) is 2.44. The molecule has 0 fully saturated rings. The topological polar surface area (TPSA) is 78.8 Å². The van der Waals surface area contributed by atoms with E-state index >= 15 is 0 Å². The number of aliphatic hydroxyl groups excluding tert-OH is 1. The van der Waals surface area contributed by atoms with Gasteiger partial charge < -0.3 is 20.6 Å². The molecule has 122 valence electrons. The number of nitrogens with one attached hydrogen (secondary N) is 2. The zero-order valence-electron chi connectivity index (χ0n) is 13.2. The number of fused-ring (bicyclic) bond motifs is 1. The molecule has 0 bridgehead atoms. The summed E-state index contributed by atoms with van der Waals surface area (Å²) in [5, 5.41) is 20.5. The van der Waals surface area contributed by atoms with Gasteiger partial charge in [0.25, 0.3) is 0 Å². The number of nitrogens with zero attached hydrogens (tertiary/aromatic N) is 2. The van der Waals surface area contributed by atoms with E-state index in [4.69, 9.17) is 4.84 Å². The minimum atomic E-state index is -0.590. The molecule has 0 aliphatic carbocycles. The van der Waals surface area contributed by atoms with E-state index in [9.17, 15) is 5.11 Å². The Kier molecular flexibility index (Phi) is 5.77. The maximum atomic E-state index is 9.89. The highest BCUT2D eigenvalue weighted by atomic mass is 79.9. The number of pyridine rings is 1. The van der Waals surface area contributed by atoms with Crippen LogP contribution >= 0.6 is 15.9 Å². The van der Waals surface area contributed by atoms with Crippen molar-refractivity contribution in [2.45, 2.75) is 38.8 Å². The van der Waals surface area contributed by atoms with Crippen LogP contribution in [0.25, 0.3) is 0 Å². The van der Waals surface area contributed by atoms with Crippen LogP contribution in [0.4, 0.5) is 5.82 Å². The fraction of sp³-hybridized carbons (Fsp3) is 0.600. The number of hydrogen-bond acceptors (Lipinski definition) is 6. The number of aliphatic hydroxyl groups is 1. The molecule has 0 radical (unpaired) electrons. The first kappa shape index (κ1) is 17.2. The van der Waals surface area contributed by atoms with Gasteiger partial charge in [0.2, 0.25) is 0 Å². The van der Waals surface area contributed by atoms with Crippen LogP contribution in [0.1, 0.15) is 32.8 Å². The van der Waals surface area contributed by atoms with Crippen LogP contribution in [0.3, 0.4) is 0 Å². The van der Waals surface area contributed by atoms with E-state index in [0.717, 1.165) is 34.7 Å². The summed E-state index contributed by atoms with van der Waals surface area (Å²) >= 11 is 3.35. The Bertz CT molecular complexity index is 543. The SMILES string of the molecule is CC(C)(C)NC[C@H](O)CO/N=C1\CCNc2nc(Br)ccc21. The van der Waals surface area contributed by atoms with Crippen molar-refractivity contribution in [1.82, 2.24) is 10.3 Å². The molecule has 6 nitrogen and oxygen atoms in total. The lowest BCUT2D eigenvalue weighted by atomic mass is 10.1. The second kappa shape index (κ2) is 7.39. The van der Waals surface area contributed by atoms with Gasteiger partial charge in [-0.25, -0.2) is 4.98 Å². The molecular weight excluding hydrogens is 348 g/mol. The highest BCUT2D eigenvalue weighted by molar-refractivity contribution is 9.10. The smallest absolute Gasteiger partial charge is 0.144 e. The molecule has 1 aromatic heterocycles. The Hall–Kier alpha value is -1.18. The van der Waals surface area contributed by atoms with E-state index in [0.29, 0.717) is 6.54 Å². The number of β-amino-alcohol motifs (C(OH)–C–C–N with tert-alkyl or cyclic N) is 1. The number of rotatable bonds is 5. The minimum absolute atomic E-state index is 0.0279. The maximum absolute atomic E-state index is 9.89. The Labute approximate surface area is 139 Å². The van der Waals surface area contributed by atoms with E-state index < -0.39 is 6.10 Å². The first-order valence-corrected chi connectivity index (χ1v) is 8.17. The Morgan fingerprint density at radius 3 is 3.00 bits per heavy atom. The molecule has 1 aliphatic rings. The summed E-state index contributed by atoms with van der Waals surface area (Å²) in [6, 6.07) is 3.84. The van der Waals surface area contributed by atoms with Crippen molar-refractivity contribution in [3.05, 3.63) is 22.3 Å². The molecule has 0 aromatic carbocycles. The zero-order chi connectivity index (χ0) is 16.2. The summed E-state index contributed by atoms with van der Waals surface area (Å²) < 4.78 is 0.782. The first-order valence-electron chi connectivity index (χ1n) is 7.38. The predicted octanol–water partition coefficient (Wildman–Crippen LogP) is 2.13. The molecule has 2 heterocycles. The molecule has 0 spiro atoms. The zero-order valence-corrected chi connectivity index (χ0v) is 14.8. The molecule has 1 aliphatic heterocycles. The van der Waals surface area contributed by atoms with Gasteiger partial charge in [0.15, 0.2) is 0 Å². The second-order valence-electron chi connectivity index (χ2n) is 6.33. The van der Waals surface area contributed by atoms with Crippen LogP contribution in [0, 0.1) is 0 Å². The van der Waals surface area contributed by atoms with Crippen LogP contribution < -0.4 is 10.6 Å². The third-order valence-corrected chi connectivity index (χ3v) is 3.58. The summed E-state index contributed by atoms with van der Waals surface area (Å²) in [6.07, 6.45) is 0.180. The van der Waals surface area contributed by atoms with Gasteiger partial charge in [0.05, 0.1) is 5.71 Å². The summed E-state index contributed by atoms with van der Waals surface area (Å²) in [7, 11) is 0. The van der Waals surface area contributed by atoms with E-state index in [2.05, 4.69) is 57.5 Å². The molecule has 0 saturated heterocycles. The van der Waals surface area contributed by atoms with Crippen molar-refractivity contribution in [3.63, 3.8) is 0 Å². The Balaban J connectivity index is 1.89. The summed E-state index contributed by atoms with van der Waals surface area (Å²) in [5.74, 6) is 0.804.